The Labute approximate surface area is 76.5 Å². The molecular formula is C11H8N2. The fourth-order valence-electron chi connectivity index (χ4n) is 1.39. The zero-order chi connectivity index (χ0) is 9.26. The highest BCUT2D eigenvalue weighted by Crippen LogP contribution is 2.17. The summed E-state index contributed by atoms with van der Waals surface area (Å²) in [5.41, 5.74) is 1.69. The maximum absolute atomic E-state index is 8.79. The minimum Gasteiger partial charge on any atom is -0.245 e. The SMILES string of the molecule is Cc1ccc2c(C#N)nccc2c1. The van der Waals surface area contributed by atoms with Gasteiger partial charge in [0.25, 0.3) is 0 Å². The quantitative estimate of drug-likeness (QED) is 0.605. The van der Waals surface area contributed by atoms with Gasteiger partial charge in [0.15, 0.2) is 0 Å². The predicted molar refractivity (Wildman–Crippen MR) is 51.2 cm³/mol. The van der Waals surface area contributed by atoms with Crippen molar-refractivity contribution < 1.29 is 0 Å². The van der Waals surface area contributed by atoms with Crippen molar-refractivity contribution in [1.82, 2.24) is 4.98 Å². The molecule has 1 heterocycles. The lowest BCUT2D eigenvalue weighted by molar-refractivity contribution is 1.29. The van der Waals surface area contributed by atoms with Gasteiger partial charge >= 0.3 is 0 Å². The van der Waals surface area contributed by atoms with E-state index in [-0.39, 0.29) is 0 Å². The Bertz CT molecular complexity index is 495. The molecule has 0 unspecified atom stereocenters. The number of aromatic nitrogens is 1. The van der Waals surface area contributed by atoms with Crippen molar-refractivity contribution in [2.45, 2.75) is 6.92 Å². The van der Waals surface area contributed by atoms with Crippen LogP contribution in [0.4, 0.5) is 0 Å². The number of rotatable bonds is 0. The first kappa shape index (κ1) is 7.75. The maximum atomic E-state index is 8.79. The second-order valence-corrected chi connectivity index (χ2v) is 3.00. The summed E-state index contributed by atoms with van der Waals surface area (Å²) in [5, 5.41) is 10.8. The van der Waals surface area contributed by atoms with Gasteiger partial charge in [0.1, 0.15) is 11.8 Å². The number of benzene rings is 1. The van der Waals surface area contributed by atoms with Gasteiger partial charge in [0.05, 0.1) is 0 Å². The third-order valence-electron chi connectivity index (χ3n) is 2.03. The van der Waals surface area contributed by atoms with Gasteiger partial charge in [-0.15, -0.1) is 0 Å². The number of nitriles is 1. The highest BCUT2D eigenvalue weighted by atomic mass is 14.7. The summed E-state index contributed by atoms with van der Waals surface area (Å²) < 4.78 is 0. The Balaban J connectivity index is 2.87. The second kappa shape index (κ2) is 2.87. The van der Waals surface area contributed by atoms with Gasteiger partial charge in [-0.2, -0.15) is 5.26 Å². The third-order valence-corrected chi connectivity index (χ3v) is 2.03. The number of hydrogen-bond acceptors (Lipinski definition) is 2. The zero-order valence-corrected chi connectivity index (χ0v) is 7.28. The largest absolute Gasteiger partial charge is 0.245 e. The van der Waals surface area contributed by atoms with E-state index in [2.05, 4.69) is 17.1 Å². The molecule has 1 aromatic carbocycles. The molecule has 1 aromatic heterocycles. The predicted octanol–water partition coefficient (Wildman–Crippen LogP) is 2.41. The normalized spacial score (nSPS) is 9.85. The van der Waals surface area contributed by atoms with Crippen molar-refractivity contribution in [2.75, 3.05) is 0 Å². The standard InChI is InChI=1S/C11H8N2/c1-8-2-3-10-9(6-8)4-5-13-11(10)7-12/h2-6H,1H3. The average Bonchev–Trinajstić information content (AvgIpc) is 2.16. The van der Waals surface area contributed by atoms with Crippen LogP contribution >= 0.6 is 0 Å². The molecular weight excluding hydrogens is 160 g/mol. The molecule has 62 valence electrons. The van der Waals surface area contributed by atoms with Crippen molar-refractivity contribution >= 4 is 10.8 Å². The van der Waals surface area contributed by atoms with Gasteiger partial charge in [-0.1, -0.05) is 23.8 Å². The van der Waals surface area contributed by atoms with Crippen LogP contribution in [0.5, 0.6) is 0 Å². The Kier molecular flexibility index (Phi) is 1.71. The lowest BCUT2D eigenvalue weighted by Crippen LogP contribution is -1.84. The van der Waals surface area contributed by atoms with Crippen molar-refractivity contribution in [1.29, 1.82) is 5.26 Å². The summed E-state index contributed by atoms with van der Waals surface area (Å²) in [6.45, 7) is 2.03. The number of pyridine rings is 1. The summed E-state index contributed by atoms with van der Waals surface area (Å²) in [4.78, 5) is 3.99. The summed E-state index contributed by atoms with van der Waals surface area (Å²) in [7, 11) is 0. The highest BCUT2D eigenvalue weighted by molar-refractivity contribution is 5.86. The van der Waals surface area contributed by atoms with Gasteiger partial charge in [-0.3, -0.25) is 0 Å². The molecule has 0 N–H and O–H groups in total. The van der Waals surface area contributed by atoms with Crippen LogP contribution in [0.15, 0.2) is 30.5 Å². The molecule has 2 heteroatoms. The number of fused-ring (bicyclic) bond motifs is 1. The van der Waals surface area contributed by atoms with E-state index in [0.29, 0.717) is 5.69 Å². The fourth-order valence-corrected chi connectivity index (χ4v) is 1.39. The van der Waals surface area contributed by atoms with E-state index >= 15 is 0 Å². The van der Waals surface area contributed by atoms with E-state index < -0.39 is 0 Å². The lowest BCUT2D eigenvalue weighted by atomic mass is 10.1. The van der Waals surface area contributed by atoms with E-state index in [4.69, 9.17) is 5.26 Å². The molecule has 0 aliphatic heterocycles. The molecule has 0 bridgehead atoms. The first-order chi connectivity index (χ1) is 6.31. The van der Waals surface area contributed by atoms with E-state index in [1.807, 2.05) is 25.1 Å². The Morgan fingerprint density at radius 3 is 2.92 bits per heavy atom. The number of nitrogens with zero attached hydrogens (tertiary/aromatic N) is 2. The summed E-state index contributed by atoms with van der Waals surface area (Å²) >= 11 is 0. The van der Waals surface area contributed by atoms with Crippen LogP contribution in [0.25, 0.3) is 10.8 Å². The van der Waals surface area contributed by atoms with Crippen molar-refractivity contribution in [3.8, 4) is 6.07 Å². The minimum atomic E-state index is 0.498. The molecule has 0 aliphatic rings. The zero-order valence-electron chi connectivity index (χ0n) is 7.28. The fraction of sp³-hybridized carbons (Fsp3) is 0.0909. The van der Waals surface area contributed by atoms with Crippen molar-refractivity contribution in [3.05, 3.63) is 41.7 Å². The van der Waals surface area contributed by atoms with Gasteiger partial charge in [-0.05, 0) is 18.4 Å². The van der Waals surface area contributed by atoms with Gasteiger partial charge < -0.3 is 0 Å². The van der Waals surface area contributed by atoms with Crippen LogP contribution in [-0.4, -0.2) is 4.98 Å². The molecule has 0 saturated heterocycles. The van der Waals surface area contributed by atoms with E-state index in [1.165, 1.54) is 5.56 Å². The minimum absolute atomic E-state index is 0.498. The third kappa shape index (κ3) is 1.25. The highest BCUT2D eigenvalue weighted by Gasteiger charge is 1.99. The second-order valence-electron chi connectivity index (χ2n) is 3.00. The maximum Gasteiger partial charge on any atom is 0.148 e. The Hall–Kier alpha value is -1.88. The van der Waals surface area contributed by atoms with Gasteiger partial charge in [0, 0.05) is 11.6 Å². The van der Waals surface area contributed by atoms with Crippen molar-refractivity contribution in [2.24, 2.45) is 0 Å². The molecule has 0 spiro atoms. The van der Waals surface area contributed by atoms with Crippen LogP contribution in [0.2, 0.25) is 0 Å². The van der Waals surface area contributed by atoms with E-state index in [1.54, 1.807) is 6.20 Å². The summed E-state index contributed by atoms with van der Waals surface area (Å²) in [6.07, 6.45) is 1.67. The van der Waals surface area contributed by atoms with Crippen LogP contribution in [-0.2, 0) is 0 Å². The molecule has 0 atom stereocenters. The molecule has 0 radical (unpaired) electrons. The van der Waals surface area contributed by atoms with Gasteiger partial charge in [0.2, 0.25) is 0 Å². The molecule has 0 fully saturated rings. The Morgan fingerprint density at radius 2 is 2.15 bits per heavy atom. The van der Waals surface area contributed by atoms with Crippen LogP contribution in [0.1, 0.15) is 11.3 Å². The van der Waals surface area contributed by atoms with Crippen LogP contribution in [0.3, 0.4) is 0 Å². The van der Waals surface area contributed by atoms with E-state index in [9.17, 15) is 0 Å². The van der Waals surface area contributed by atoms with Crippen LogP contribution in [0, 0.1) is 18.3 Å². The summed E-state index contributed by atoms with van der Waals surface area (Å²) in [6, 6.07) is 9.98. The van der Waals surface area contributed by atoms with Gasteiger partial charge in [-0.25, -0.2) is 4.98 Å². The molecule has 2 nitrogen and oxygen atoms in total. The number of aryl methyl sites for hydroxylation is 1. The molecule has 2 rings (SSSR count). The average molecular weight is 168 g/mol. The summed E-state index contributed by atoms with van der Waals surface area (Å²) in [5.74, 6) is 0. The lowest BCUT2D eigenvalue weighted by Gasteiger charge is -1.99. The van der Waals surface area contributed by atoms with E-state index in [0.717, 1.165) is 10.8 Å². The molecule has 13 heavy (non-hydrogen) atoms. The first-order valence-electron chi connectivity index (χ1n) is 4.07. The first-order valence-corrected chi connectivity index (χ1v) is 4.07. The molecule has 2 aromatic rings. The van der Waals surface area contributed by atoms with Crippen LogP contribution < -0.4 is 0 Å². The van der Waals surface area contributed by atoms with Crippen molar-refractivity contribution in [3.63, 3.8) is 0 Å². The Morgan fingerprint density at radius 1 is 1.31 bits per heavy atom. The molecule has 0 amide bonds. The topological polar surface area (TPSA) is 36.7 Å². The molecule has 0 saturated carbocycles. The monoisotopic (exact) mass is 168 g/mol. The smallest absolute Gasteiger partial charge is 0.148 e. The molecule has 0 aliphatic carbocycles. The number of hydrogen-bond donors (Lipinski definition) is 0.